The third-order valence-electron chi connectivity index (χ3n) is 4.81. The molecule has 8 nitrogen and oxygen atoms in total. The van der Waals surface area contributed by atoms with Gasteiger partial charge in [0.05, 0.1) is 6.04 Å². The van der Waals surface area contributed by atoms with Crippen LogP contribution in [-0.2, 0) is 9.59 Å². The van der Waals surface area contributed by atoms with E-state index in [-0.39, 0.29) is 17.9 Å². The maximum absolute atomic E-state index is 12.1. The van der Waals surface area contributed by atoms with Crippen LogP contribution >= 0.6 is 0 Å². The summed E-state index contributed by atoms with van der Waals surface area (Å²) in [5.74, 6) is 1.21. The molecule has 1 aliphatic heterocycles. The highest BCUT2D eigenvalue weighted by molar-refractivity contribution is 5.89. The maximum atomic E-state index is 12.1. The highest BCUT2D eigenvalue weighted by Crippen LogP contribution is 2.19. The van der Waals surface area contributed by atoms with E-state index < -0.39 is 0 Å². The van der Waals surface area contributed by atoms with E-state index in [1.165, 1.54) is 0 Å². The van der Waals surface area contributed by atoms with Gasteiger partial charge < -0.3 is 20.1 Å². The largest absolute Gasteiger partial charge is 0.360 e. The van der Waals surface area contributed by atoms with E-state index in [9.17, 15) is 9.59 Å². The van der Waals surface area contributed by atoms with Crippen LogP contribution in [0.5, 0.6) is 0 Å². The smallest absolute Gasteiger partial charge is 0.237 e. The highest BCUT2D eigenvalue weighted by atomic mass is 16.5. The lowest BCUT2D eigenvalue weighted by Gasteiger charge is -2.37. The molecule has 1 unspecified atom stereocenters. The summed E-state index contributed by atoms with van der Waals surface area (Å²) in [4.78, 5) is 28.6. The Bertz CT molecular complexity index is 605. The van der Waals surface area contributed by atoms with E-state index in [0.29, 0.717) is 30.6 Å². The number of carbonyl (C=O) groups excluding carboxylic acids is 2. The topological polar surface area (TPSA) is 90.7 Å². The molecule has 1 aliphatic carbocycles. The lowest BCUT2D eigenvalue weighted by molar-refractivity contribution is -0.126. The zero-order valence-corrected chi connectivity index (χ0v) is 15.0. The summed E-state index contributed by atoms with van der Waals surface area (Å²) in [6.07, 6.45) is 2.65. The SMILES string of the molecule is Cc1cc(NC(=O)CCN2CCN(C(C)C(=O)NC3CC3)CC2)no1. The molecule has 0 spiro atoms. The third-order valence-corrected chi connectivity index (χ3v) is 4.81. The molecule has 25 heavy (non-hydrogen) atoms. The predicted molar refractivity (Wildman–Crippen MR) is 93.1 cm³/mol. The van der Waals surface area contributed by atoms with E-state index in [2.05, 4.69) is 25.6 Å². The molecule has 1 aromatic rings. The van der Waals surface area contributed by atoms with Gasteiger partial charge in [0.25, 0.3) is 0 Å². The van der Waals surface area contributed by atoms with Crippen LogP contribution in [0.1, 0.15) is 31.9 Å². The third kappa shape index (κ3) is 5.27. The molecule has 1 saturated carbocycles. The lowest BCUT2D eigenvalue weighted by atomic mass is 10.2. The van der Waals surface area contributed by atoms with Crippen molar-refractivity contribution in [3.63, 3.8) is 0 Å². The molecule has 1 aromatic heterocycles. The van der Waals surface area contributed by atoms with E-state index >= 15 is 0 Å². The van der Waals surface area contributed by atoms with Crippen LogP contribution in [0.15, 0.2) is 10.6 Å². The number of amides is 2. The monoisotopic (exact) mass is 349 g/mol. The van der Waals surface area contributed by atoms with E-state index in [1.807, 2.05) is 6.92 Å². The molecular weight excluding hydrogens is 322 g/mol. The molecule has 2 amide bonds. The van der Waals surface area contributed by atoms with Crippen molar-refractivity contribution in [3.05, 3.63) is 11.8 Å². The van der Waals surface area contributed by atoms with Crippen molar-refractivity contribution in [3.8, 4) is 0 Å². The van der Waals surface area contributed by atoms with Gasteiger partial charge in [-0.25, -0.2) is 0 Å². The second kappa shape index (κ2) is 7.97. The summed E-state index contributed by atoms with van der Waals surface area (Å²) in [5.41, 5.74) is 0. The fourth-order valence-electron chi connectivity index (χ4n) is 2.98. The molecule has 2 aliphatic rings. The first kappa shape index (κ1) is 17.9. The maximum Gasteiger partial charge on any atom is 0.237 e. The van der Waals surface area contributed by atoms with Crippen molar-refractivity contribution >= 4 is 17.6 Å². The summed E-state index contributed by atoms with van der Waals surface area (Å²) in [6, 6.07) is 2.02. The van der Waals surface area contributed by atoms with Crippen molar-refractivity contribution in [1.29, 1.82) is 0 Å². The molecule has 0 radical (unpaired) electrons. The summed E-state index contributed by atoms with van der Waals surface area (Å²) in [5, 5.41) is 9.56. The molecular formula is C17H27N5O3. The van der Waals surface area contributed by atoms with Crippen molar-refractivity contribution < 1.29 is 14.1 Å². The van der Waals surface area contributed by atoms with Crippen LogP contribution in [-0.4, -0.2) is 71.6 Å². The second-order valence-electron chi connectivity index (χ2n) is 6.96. The summed E-state index contributed by atoms with van der Waals surface area (Å²) in [7, 11) is 0. The van der Waals surface area contributed by atoms with Gasteiger partial charge in [-0.3, -0.25) is 14.5 Å². The minimum atomic E-state index is -0.0820. The Labute approximate surface area is 147 Å². The first-order valence-electron chi connectivity index (χ1n) is 9.01. The summed E-state index contributed by atoms with van der Waals surface area (Å²) < 4.78 is 4.93. The van der Waals surface area contributed by atoms with Gasteiger partial charge in [-0.15, -0.1) is 0 Å². The second-order valence-corrected chi connectivity index (χ2v) is 6.96. The standard InChI is InChI=1S/C17H27N5O3/c1-12-11-15(20-25-12)19-16(23)5-6-21-7-9-22(10-8-21)13(2)17(24)18-14-3-4-14/h11,13-14H,3-10H2,1-2H3,(H,18,24)(H,19,20,23). The van der Waals surface area contributed by atoms with E-state index in [1.54, 1.807) is 13.0 Å². The van der Waals surface area contributed by atoms with Gasteiger partial charge >= 0.3 is 0 Å². The number of hydrogen-bond acceptors (Lipinski definition) is 6. The van der Waals surface area contributed by atoms with Gasteiger partial charge in [-0.2, -0.15) is 0 Å². The Hall–Kier alpha value is -1.93. The molecule has 2 N–H and O–H groups in total. The number of aromatic nitrogens is 1. The van der Waals surface area contributed by atoms with Crippen LogP contribution in [0.4, 0.5) is 5.82 Å². The fraction of sp³-hybridized carbons (Fsp3) is 0.706. The number of carbonyl (C=O) groups is 2. The lowest BCUT2D eigenvalue weighted by Crippen LogP contribution is -2.54. The number of piperazine rings is 1. The Kier molecular flexibility index (Phi) is 5.70. The molecule has 8 heteroatoms. The number of hydrogen-bond donors (Lipinski definition) is 2. The molecule has 1 saturated heterocycles. The Morgan fingerprint density at radius 2 is 2.04 bits per heavy atom. The number of anilines is 1. The summed E-state index contributed by atoms with van der Waals surface area (Å²) in [6.45, 7) is 7.91. The molecule has 1 atom stereocenters. The van der Waals surface area contributed by atoms with Gasteiger partial charge in [0.2, 0.25) is 11.8 Å². The van der Waals surface area contributed by atoms with Crippen LogP contribution in [0.25, 0.3) is 0 Å². The van der Waals surface area contributed by atoms with Crippen LogP contribution in [0.3, 0.4) is 0 Å². The number of nitrogens with zero attached hydrogens (tertiary/aromatic N) is 3. The highest BCUT2D eigenvalue weighted by Gasteiger charge is 2.29. The molecule has 2 fully saturated rings. The molecule has 2 heterocycles. The fourth-order valence-corrected chi connectivity index (χ4v) is 2.98. The molecule has 138 valence electrons. The van der Waals surface area contributed by atoms with Crippen LogP contribution < -0.4 is 10.6 Å². The average Bonchev–Trinajstić information content (AvgIpc) is 3.33. The van der Waals surface area contributed by atoms with E-state index in [4.69, 9.17) is 4.52 Å². The van der Waals surface area contributed by atoms with Crippen LogP contribution in [0, 0.1) is 6.92 Å². The Morgan fingerprint density at radius 1 is 1.32 bits per heavy atom. The Morgan fingerprint density at radius 3 is 2.64 bits per heavy atom. The first-order valence-corrected chi connectivity index (χ1v) is 9.01. The zero-order valence-electron chi connectivity index (χ0n) is 15.0. The Balaban J connectivity index is 1.34. The van der Waals surface area contributed by atoms with Crippen molar-refractivity contribution in [2.45, 2.75) is 45.2 Å². The van der Waals surface area contributed by atoms with Gasteiger partial charge in [0, 0.05) is 51.3 Å². The van der Waals surface area contributed by atoms with Crippen molar-refractivity contribution in [1.82, 2.24) is 20.3 Å². The number of nitrogens with one attached hydrogen (secondary N) is 2. The van der Waals surface area contributed by atoms with Gasteiger partial charge in [0.15, 0.2) is 5.82 Å². The van der Waals surface area contributed by atoms with Crippen molar-refractivity contribution in [2.75, 3.05) is 38.0 Å². The number of rotatable bonds is 7. The normalized spacial score (nSPS) is 20.2. The average molecular weight is 349 g/mol. The minimum absolute atomic E-state index is 0.0621. The van der Waals surface area contributed by atoms with E-state index in [0.717, 1.165) is 39.0 Å². The van der Waals surface area contributed by atoms with Crippen LogP contribution in [0.2, 0.25) is 0 Å². The molecule has 0 aromatic carbocycles. The predicted octanol–water partition coefficient (Wildman–Crippen LogP) is 0.596. The van der Waals surface area contributed by atoms with Gasteiger partial charge in [-0.05, 0) is 26.7 Å². The van der Waals surface area contributed by atoms with Gasteiger partial charge in [0.1, 0.15) is 5.76 Å². The first-order chi connectivity index (χ1) is 12.0. The van der Waals surface area contributed by atoms with Gasteiger partial charge in [-0.1, -0.05) is 5.16 Å². The summed E-state index contributed by atoms with van der Waals surface area (Å²) >= 11 is 0. The minimum Gasteiger partial charge on any atom is -0.360 e. The quantitative estimate of drug-likeness (QED) is 0.749. The zero-order chi connectivity index (χ0) is 17.8. The molecule has 3 rings (SSSR count). The number of aryl methyl sites for hydroxylation is 1. The molecule has 0 bridgehead atoms. The van der Waals surface area contributed by atoms with Crippen molar-refractivity contribution in [2.24, 2.45) is 0 Å².